The van der Waals surface area contributed by atoms with Gasteiger partial charge in [-0.25, -0.2) is 0 Å². The van der Waals surface area contributed by atoms with Crippen molar-refractivity contribution in [2.75, 3.05) is 39.3 Å². The molecule has 2 aliphatic heterocycles. The third kappa shape index (κ3) is 5.82. The molecule has 138 valence electrons. The fourth-order valence-electron chi connectivity index (χ4n) is 4.17. The summed E-state index contributed by atoms with van der Waals surface area (Å²) in [6.45, 7) is 9.56. The standard InChI is InChI=1S/C21H33N3O/c1-18-6-5-12-23(16-18)15-11-22-21(25)20-9-13-24(14-10-20)17-19-7-3-2-4-8-19/h2-4,7-8,18,20H,5-6,9-17H2,1H3,(H,22,25)/t18-/m0/s1. The van der Waals surface area contributed by atoms with Gasteiger partial charge in [-0.3, -0.25) is 9.69 Å². The second-order valence-corrected chi connectivity index (χ2v) is 7.88. The van der Waals surface area contributed by atoms with Crippen molar-refractivity contribution in [1.82, 2.24) is 15.1 Å². The Hall–Kier alpha value is -1.39. The zero-order valence-corrected chi connectivity index (χ0v) is 15.6. The van der Waals surface area contributed by atoms with Crippen LogP contribution in [0.5, 0.6) is 0 Å². The molecule has 2 aliphatic rings. The molecule has 1 aromatic carbocycles. The number of hydrogen-bond donors (Lipinski definition) is 1. The van der Waals surface area contributed by atoms with Crippen LogP contribution >= 0.6 is 0 Å². The van der Waals surface area contributed by atoms with Crippen molar-refractivity contribution in [3.8, 4) is 0 Å². The van der Waals surface area contributed by atoms with Crippen molar-refractivity contribution in [1.29, 1.82) is 0 Å². The van der Waals surface area contributed by atoms with E-state index in [4.69, 9.17) is 0 Å². The topological polar surface area (TPSA) is 35.6 Å². The molecular weight excluding hydrogens is 310 g/mol. The molecule has 1 N–H and O–H groups in total. The Bertz CT molecular complexity index is 525. The molecular formula is C21H33N3O. The van der Waals surface area contributed by atoms with Gasteiger partial charge in [-0.15, -0.1) is 0 Å². The minimum atomic E-state index is 0.201. The third-order valence-corrected chi connectivity index (χ3v) is 5.68. The lowest BCUT2D eigenvalue weighted by molar-refractivity contribution is -0.126. The number of carbonyl (C=O) groups is 1. The molecule has 0 saturated carbocycles. The molecule has 0 radical (unpaired) electrons. The lowest BCUT2D eigenvalue weighted by Gasteiger charge is -2.32. The van der Waals surface area contributed by atoms with E-state index in [0.29, 0.717) is 0 Å². The number of benzene rings is 1. The number of hydrogen-bond acceptors (Lipinski definition) is 3. The van der Waals surface area contributed by atoms with Gasteiger partial charge in [-0.05, 0) is 56.8 Å². The van der Waals surface area contributed by atoms with E-state index in [1.54, 1.807) is 0 Å². The van der Waals surface area contributed by atoms with Gasteiger partial charge in [-0.1, -0.05) is 37.3 Å². The van der Waals surface area contributed by atoms with E-state index in [-0.39, 0.29) is 11.8 Å². The van der Waals surface area contributed by atoms with Gasteiger partial charge in [0.1, 0.15) is 0 Å². The van der Waals surface area contributed by atoms with Gasteiger partial charge >= 0.3 is 0 Å². The van der Waals surface area contributed by atoms with Crippen molar-refractivity contribution in [2.45, 2.75) is 39.2 Å². The van der Waals surface area contributed by atoms with Gasteiger partial charge in [0.2, 0.25) is 5.91 Å². The first-order valence-electron chi connectivity index (χ1n) is 9.97. The molecule has 2 heterocycles. The molecule has 0 bridgehead atoms. The second-order valence-electron chi connectivity index (χ2n) is 7.88. The van der Waals surface area contributed by atoms with Crippen LogP contribution in [-0.2, 0) is 11.3 Å². The highest BCUT2D eigenvalue weighted by molar-refractivity contribution is 5.78. The van der Waals surface area contributed by atoms with E-state index in [1.807, 2.05) is 0 Å². The predicted octanol–water partition coefficient (Wildman–Crippen LogP) is 2.75. The molecule has 1 amide bonds. The molecule has 4 nitrogen and oxygen atoms in total. The lowest BCUT2D eigenvalue weighted by Crippen LogP contribution is -2.43. The van der Waals surface area contributed by atoms with Crippen LogP contribution in [0.25, 0.3) is 0 Å². The van der Waals surface area contributed by atoms with Crippen LogP contribution in [-0.4, -0.2) is 55.0 Å². The minimum Gasteiger partial charge on any atom is -0.355 e. The summed E-state index contributed by atoms with van der Waals surface area (Å²) in [5.74, 6) is 1.27. The van der Waals surface area contributed by atoms with Gasteiger partial charge in [0, 0.05) is 32.1 Å². The van der Waals surface area contributed by atoms with E-state index < -0.39 is 0 Å². The molecule has 2 fully saturated rings. The average molecular weight is 344 g/mol. The van der Waals surface area contributed by atoms with Gasteiger partial charge in [0.15, 0.2) is 0 Å². The summed E-state index contributed by atoms with van der Waals surface area (Å²) < 4.78 is 0. The molecule has 3 rings (SSSR count). The van der Waals surface area contributed by atoms with Crippen molar-refractivity contribution >= 4 is 5.91 Å². The van der Waals surface area contributed by atoms with Gasteiger partial charge in [-0.2, -0.15) is 0 Å². The maximum absolute atomic E-state index is 12.4. The minimum absolute atomic E-state index is 0.201. The maximum atomic E-state index is 12.4. The molecule has 0 aliphatic carbocycles. The number of carbonyl (C=O) groups excluding carboxylic acids is 1. The summed E-state index contributed by atoms with van der Waals surface area (Å²) in [7, 11) is 0. The first-order valence-corrected chi connectivity index (χ1v) is 9.97. The highest BCUT2D eigenvalue weighted by Crippen LogP contribution is 2.19. The van der Waals surface area contributed by atoms with E-state index in [1.165, 1.54) is 31.5 Å². The summed E-state index contributed by atoms with van der Waals surface area (Å²) in [6.07, 6.45) is 4.62. The first-order chi connectivity index (χ1) is 12.2. The Labute approximate surface area is 152 Å². The molecule has 4 heteroatoms. The number of likely N-dealkylation sites (tertiary alicyclic amines) is 2. The van der Waals surface area contributed by atoms with Gasteiger partial charge in [0.05, 0.1) is 0 Å². The van der Waals surface area contributed by atoms with Crippen molar-refractivity contribution in [3.05, 3.63) is 35.9 Å². The molecule has 2 saturated heterocycles. The Morgan fingerprint density at radius 1 is 1.08 bits per heavy atom. The fourth-order valence-corrected chi connectivity index (χ4v) is 4.17. The molecule has 1 aromatic rings. The van der Waals surface area contributed by atoms with E-state index in [0.717, 1.165) is 51.5 Å². The molecule has 0 unspecified atom stereocenters. The highest BCUT2D eigenvalue weighted by atomic mass is 16.1. The summed E-state index contributed by atoms with van der Waals surface area (Å²) in [5.41, 5.74) is 1.36. The summed E-state index contributed by atoms with van der Waals surface area (Å²) in [4.78, 5) is 17.4. The summed E-state index contributed by atoms with van der Waals surface area (Å²) in [6, 6.07) is 10.6. The normalized spacial score (nSPS) is 23.5. The Kier molecular flexibility index (Phi) is 6.88. The van der Waals surface area contributed by atoms with Crippen LogP contribution in [0, 0.1) is 11.8 Å². The van der Waals surface area contributed by atoms with E-state index in [2.05, 4.69) is 52.4 Å². The van der Waals surface area contributed by atoms with Crippen molar-refractivity contribution in [3.63, 3.8) is 0 Å². The van der Waals surface area contributed by atoms with Gasteiger partial charge in [0.25, 0.3) is 0 Å². The number of nitrogens with zero attached hydrogens (tertiary/aromatic N) is 2. The third-order valence-electron chi connectivity index (χ3n) is 5.68. The summed E-state index contributed by atoms with van der Waals surface area (Å²) >= 11 is 0. The zero-order chi connectivity index (χ0) is 17.5. The second kappa shape index (κ2) is 9.35. The SMILES string of the molecule is C[C@H]1CCCN(CCNC(=O)C2CCN(Cc3ccccc3)CC2)C1. The summed E-state index contributed by atoms with van der Waals surface area (Å²) in [5, 5.41) is 3.18. The van der Waals surface area contributed by atoms with Crippen LogP contribution in [0.2, 0.25) is 0 Å². The number of piperidine rings is 2. The molecule has 25 heavy (non-hydrogen) atoms. The quantitative estimate of drug-likeness (QED) is 0.863. The predicted molar refractivity (Wildman–Crippen MR) is 102 cm³/mol. The van der Waals surface area contributed by atoms with E-state index >= 15 is 0 Å². The van der Waals surface area contributed by atoms with Crippen molar-refractivity contribution < 1.29 is 4.79 Å². The Morgan fingerprint density at radius 2 is 1.84 bits per heavy atom. The van der Waals surface area contributed by atoms with Crippen molar-refractivity contribution in [2.24, 2.45) is 11.8 Å². The number of amides is 1. The number of rotatable bonds is 6. The van der Waals surface area contributed by atoms with Crippen LogP contribution in [0.1, 0.15) is 38.2 Å². The smallest absolute Gasteiger partial charge is 0.223 e. The Morgan fingerprint density at radius 3 is 2.56 bits per heavy atom. The van der Waals surface area contributed by atoms with E-state index in [9.17, 15) is 4.79 Å². The maximum Gasteiger partial charge on any atom is 0.223 e. The highest BCUT2D eigenvalue weighted by Gasteiger charge is 2.25. The molecule has 0 aromatic heterocycles. The largest absolute Gasteiger partial charge is 0.355 e. The molecule has 0 spiro atoms. The van der Waals surface area contributed by atoms with Crippen LogP contribution in [0.3, 0.4) is 0 Å². The van der Waals surface area contributed by atoms with Crippen LogP contribution in [0.4, 0.5) is 0 Å². The lowest BCUT2D eigenvalue weighted by atomic mass is 9.95. The average Bonchev–Trinajstić information content (AvgIpc) is 2.63. The Balaban J connectivity index is 1.32. The monoisotopic (exact) mass is 343 g/mol. The zero-order valence-electron chi connectivity index (χ0n) is 15.6. The fraction of sp³-hybridized carbons (Fsp3) is 0.667. The van der Waals surface area contributed by atoms with Crippen LogP contribution in [0.15, 0.2) is 30.3 Å². The van der Waals surface area contributed by atoms with Gasteiger partial charge < -0.3 is 10.2 Å². The number of nitrogens with one attached hydrogen (secondary N) is 1. The first kappa shape index (κ1) is 18.4. The van der Waals surface area contributed by atoms with Crippen LogP contribution < -0.4 is 5.32 Å². The molecule has 1 atom stereocenters.